The van der Waals surface area contributed by atoms with Crippen molar-refractivity contribution in [2.75, 3.05) is 0 Å². The molecule has 0 saturated carbocycles. The fourth-order valence-electron chi connectivity index (χ4n) is 0.875. The maximum Gasteiger partial charge on any atom is 0.116 e. The first-order valence-electron chi connectivity index (χ1n) is 3.52. The van der Waals surface area contributed by atoms with Gasteiger partial charge in [0.2, 0.25) is 0 Å². The first kappa shape index (κ1) is 8.41. The number of nitrogens with zero attached hydrogens (tertiary/aromatic N) is 3. The molecule has 60 valence electrons. The molecule has 0 aliphatic heterocycles. The molecular weight excluding hydrogens is 150 g/mol. The van der Waals surface area contributed by atoms with Gasteiger partial charge in [0.05, 0.1) is 17.6 Å². The Labute approximate surface area is 71.6 Å². The maximum atomic E-state index is 5.04. The average Bonchev–Trinajstić information content (AvgIpc) is 2.04. The van der Waals surface area contributed by atoms with Crippen LogP contribution in [0.3, 0.4) is 0 Å². The van der Waals surface area contributed by atoms with E-state index >= 15 is 0 Å². The third kappa shape index (κ3) is 1.67. The Morgan fingerprint density at radius 1 is 1.42 bits per heavy atom. The van der Waals surface area contributed by atoms with Gasteiger partial charge in [-0.2, -0.15) is 0 Å². The third-order valence-electron chi connectivity index (χ3n) is 1.46. The molecule has 0 radical (unpaired) electrons. The molecule has 0 aliphatic carbocycles. The van der Waals surface area contributed by atoms with Crippen molar-refractivity contribution in [2.24, 2.45) is 4.99 Å². The monoisotopic (exact) mass is 159 g/mol. The second-order valence-corrected chi connectivity index (χ2v) is 2.32. The predicted octanol–water partition coefficient (Wildman–Crippen LogP) is 1.43. The van der Waals surface area contributed by atoms with E-state index in [1.807, 2.05) is 13.8 Å². The molecule has 0 aromatic carbocycles. The molecule has 12 heavy (non-hydrogen) atoms. The van der Waals surface area contributed by atoms with Crippen LogP contribution in [0.2, 0.25) is 0 Å². The van der Waals surface area contributed by atoms with Crippen LogP contribution in [-0.2, 0) is 0 Å². The van der Waals surface area contributed by atoms with Crippen LogP contribution in [-0.4, -0.2) is 16.2 Å². The lowest BCUT2D eigenvalue weighted by Crippen LogP contribution is -1.88. The van der Waals surface area contributed by atoms with Crippen molar-refractivity contribution in [1.82, 2.24) is 9.97 Å². The summed E-state index contributed by atoms with van der Waals surface area (Å²) in [6, 6.07) is 0. The molecule has 0 N–H and O–H groups in total. The minimum atomic E-state index is 0.760. The number of terminal acetylenes is 1. The zero-order chi connectivity index (χ0) is 8.97. The van der Waals surface area contributed by atoms with E-state index in [2.05, 4.69) is 20.9 Å². The van der Waals surface area contributed by atoms with Gasteiger partial charge in [0.15, 0.2) is 0 Å². The second kappa shape index (κ2) is 3.63. The summed E-state index contributed by atoms with van der Waals surface area (Å²) in [4.78, 5) is 12.0. The lowest BCUT2D eigenvalue weighted by molar-refractivity contribution is 1.05. The van der Waals surface area contributed by atoms with E-state index in [4.69, 9.17) is 6.42 Å². The number of rotatable bonds is 1. The van der Waals surface area contributed by atoms with E-state index in [0.717, 1.165) is 17.1 Å². The van der Waals surface area contributed by atoms with Crippen LogP contribution in [0, 0.1) is 26.2 Å². The predicted molar refractivity (Wildman–Crippen MR) is 48.5 cm³/mol. The van der Waals surface area contributed by atoms with Crippen molar-refractivity contribution in [2.45, 2.75) is 13.8 Å². The first-order chi connectivity index (χ1) is 5.75. The minimum Gasteiger partial charge on any atom is -0.244 e. The van der Waals surface area contributed by atoms with E-state index in [9.17, 15) is 0 Å². The topological polar surface area (TPSA) is 38.1 Å². The normalized spacial score (nSPS) is 10.1. The largest absolute Gasteiger partial charge is 0.244 e. The summed E-state index contributed by atoms with van der Waals surface area (Å²) < 4.78 is 0. The summed E-state index contributed by atoms with van der Waals surface area (Å²) in [5.74, 6) is 2.32. The first-order valence-corrected chi connectivity index (χ1v) is 3.52. The Morgan fingerprint density at radius 3 is 2.50 bits per heavy atom. The molecule has 1 rings (SSSR count). The van der Waals surface area contributed by atoms with Crippen LogP contribution < -0.4 is 0 Å². The molecule has 3 nitrogen and oxygen atoms in total. The molecule has 0 saturated heterocycles. The molecule has 0 fully saturated rings. The number of aryl methyl sites for hydroxylation is 2. The van der Waals surface area contributed by atoms with Crippen LogP contribution in [0.5, 0.6) is 0 Å². The van der Waals surface area contributed by atoms with Gasteiger partial charge in [-0.25, -0.2) is 15.0 Å². The molecule has 1 aromatic heterocycles. The summed E-state index contributed by atoms with van der Waals surface area (Å²) in [5.41, 5.74) is 2.44. The zero-order valence-corrected chi connectivity index (χ0v) is 7.07. The molecule has 1 aromatic rings. The highest BCUT2D eigenvalue weighted by Crippen LogP contribution is 2.17. The van der Waals surface area contributed by atoms with Gasteiger partial charge in [0, 0.05) is 0 Å². The SMILES string of the molecule is C#CC=Nc1c(C)ncnc1C. The van der Waals surface area contributed by atoms with Crippen molar-refractivity contribution in [1.29, 1.82) is 0 Å². The summed E-state index contributed by atoms with van der Waals surface area (Å²) in [5, 5.41) is 0. The summed E-state index contributed by atoms with van der Waals surface area (Å²) >= 11 is 0. The smallest absolute Gasteiger partial charge is 0.116 e. The number of hydrogen-bond acceptors (Lipinski definition) is 3. The van der Waals surface area contributed by atoms with Crippen molar-refractivity contribution in [3.05, 3.63) is 17.7 Å². The van der Waals surface area contributed by atoms with Gasteiger partial charge in [-0.3, -0.25) is 0 Å². The molecule has 0 bridgehead atoms. The fourth-order valence-corrected chi connectivity index (χ4v) is 0.875. The lowest BCUT2D eigenvalue weighted by Gasteiger charge is -1.99. The number of aromatic nitrogens is 2. The van der Waals surface area contributed by atoms with Crippen LogP contribution in [0.15, 0.2) is 11.3 Å². The highest BCUT2D eigenvalue weighted by molar-refractivity contribution is 5.80. The number of hydrogen-bond donors (Lipinski definition) is 0. The maximum absolute atomic E-state index is 5.04. The molecule has 0 spiro atoms. The van der Waals surface area contributed by atoms with Gasteiger partial charge in [-0.1, -0.05) is 5.92 Å². The molecule has 0 aliphatic rings. The lowest BCUT2D eigenvalue weighted by atomic mass is 10.3. The van der Waals surface area contributed by atoms with Crippen LogP contribution in [0.25, 0.3) is 0 Å². The minimum absolute atomic E-state index is 0.760. The molecular formula is C9H9N3. The van der Waals surface area contributed by atoms with E-state index in [0.29, 0.717) is 0 Å². The molecule has 0 amide bonds. The third-order valence-corrected chi connectivity index (χ3v) is 1.46. The van der Waals surface area contributed by atoms with Crippen LogP contribution in [0.4, 0.5) is 5.69 Å². The van der Waals surface area contributed by atoms with Crippen molar-refractivity contribution < 1.29 is 0 Å². The van der Waals surface area contributed by atoms with Gasteiger partial charge in [-0.15, -0.1) is 6.42 Å². The van der Waals surface area contributed by atoms with Crippen LogP contribution >= 0.6 is 0 Å². The van der Waals surface area contributed by atoms with Crippen LogP contribution in [0.1, 0.15) is 11.4 Å². The van der Waals surface area contributed by atoms with Gasteiger partial charge in [-0.05, 0) is 13.8 Å². The van der Waals surface area contributed by atoms with Gasteiger partial charge in [0.1, 0.15) is 12.0 Å². The zero-order valence-electron chi connectivity index (χ0n) is 7.07. The molecule has 0 atom stereocenters. The van der Waals surface area contributed by atoms with Gasteiger partial charge >= 0.3 is 0 Å². The van der Waals surface area contributed by atoms with E-state index in [-0.39, 0.29) is 0 Å². The highest BCUT2D eigenvalue weighted by atomic mass is 14.9. The average molecular weight is 159 g/mol. The standard InChI is InChI=1S/C9H9N3/c1-4-5-10-9-7(2)11-6-12-8(9)3/h1,5-6H,2-3H3. The Kier molecular flexibility index (Phi) is 2.54. The Hall–Kier alpha value is -1.69. The van der Waals surface area contributed by atoms with Crippen molar-refractivity contribution >= 4 is 11.9 Å². The quantitative estimate of drug-likeness (QED) is 0.459. The van der Waals surface area contributed by atoms with Gasteiger partial charge < -0.3 is 0 Å². The van der Waals surface area contributed by atoms with Crippen molar-refractivity contribution in [3.8, 4) is 12.3 Å². The molecule has 0 unspecified atom stereocenters. The molecule has 3 heteroatoms. The second-order valence-electron chi connectivity index (χ2n) is 2.32. The Bertz CT molecular complexity index is 327. The molecule has 1 heterocycles. The Morgan fingerprint density at radius 2 is 2.00 bits per heavy atom. The fraction of sp³-hybridized carbons (Fsp3) is 0.222. The summed E-state index contributed by atoms with van der Waals surface area (Å²) in [6.45, 7) is 3.75. The Balaban J connectivity index is 3.15. The van der Waals surface area contributed by atoms with E-state index < -0.39 is 0 Å². The summed E-state index contributed by atoms with van der Waals surface area (Å²) in [7, 11) is 0. The van der Waals surface area contributed by atoms with Crippen molar-refractivity contribution in [3.63, 3.8) is 0 Å². The van der Waals surface area contributed by atoms with E-state index in [1.165, 1.54) is 12.5 Å². The van der Waals surface area contributed by atoms with E-state index in [1.54, 1.807) is 0 Å². The summed E-state index contributed by atoms with van der Waals surface area (Å²) in [6.07, 6.45) is 7.95. The van der Waals surface area contributed by atoms with Gasteiger partial charge in [0.25, 0.3) is 0 Å². The number of aliphatic imine (C=N–C) groups is 1. The highest BCUT2D eigenvalue weighted by Gasteiger charge is 2.00.